The van der Waals surface area contributed by atoms with Crippen molar-refractivity contribution < 1.29 is 9.47 Å². The Kier molecular flexibility index (Phi) is 9.45. The first-order chi connectivity index (χ1) is 13.0. The largest absolute Gasteiger partial charge is 0.379 e. The van der Waals surface area contributed by atoms with Gasteiger partial charge < -0.3 is 19.7 Å². The molecule has 6 heteroatoms. The molecule has 0 radical (unpaired) electrons. The van der Waals surface area contributed by atoms with Crippen LogP contribution in [0.5, 0.6) is 0 Å². The SMILES string of the molecule is CCNC(=NCc1cccc(COCCOCC)c1)N1CCSC(C)(C)C1. The van der Waals surface area contributed by atoms with Gasteiger partial charge in [-0.1, -0.05) is 24.3 Å². The molecular formula is C21H35N3O2S. The van der Waals surface area contributed by atoms with Crippen molar-refractivity contribution in [2.24, 2.45) is 4.99 Å². The van der Waals surface area contributed by atoms with Gasteiger partial charge in [-0.15, -0.1) is 0 Å². The Hall–Kier alpha value is -1.24. The summed E-state index contributed by atoms with van der Waals surface area (Å²) in [4.78, 5) is 7.29. The van der Waals surface area contributed by atoms with Gasteiger partial charge >= 0.3 is 0 Å². The number of nitrogens with zero attached hydrogens (tertiary/aromatic N) is 2. The second-order valence-corrected chi connectivity index (χ2v) is 9.07. The molecular weight excluding hydrogens is 358 g/mol. The molecule has 2 rings (SSSR count). The van der Waals surface area contributed by atoms with E-state index < -0.39 is 0 Å². The molecule has 0 atom stereocenters. The first kappa shape index (κ1) is 22.1. The van der Waals surface area contributed by atoms with Crippen LogP contribution in [0.15, 0.2) is 29.3 Å². The van der Waals surface area contributed by atoms with Crippen LogP contribution in [0, 0.1) is 0 Å². The van der Waals surface area contributed by atoms with Crippen molar-refractivity contribution >= 4 is 17.7 Å². The van der Waals surface area contributed by atoms with Crippen LogP contribution in [0.2, 0.25) is 0 Å². The average molecular weight is 394 g/mol. The van der Waals surface area contributed by atoms with Gasteiger partial charge in [-0.2, -0.15) is 11.8 Å². The van der Waals surface area contributed by atoms with Crippen LogP contribution in [-0.4, -0.2) is 60.8 Å². The highest BCUT2D eigenvalue weighted by molar-refractivity contribution is 8.00. The highest BCUT2D eigenvalue weighted by Gasteiger charge is 2.28. The number of ether oxygens (including phenoxy) is 2. The van der Waals surface area contributed by atoms with Gasteiger partial charge in [0.2, 0.25) is 0 Å². The van der Waals surface area contributed by atoms with Crippen LogP contribution in [0.1, 0.15) is 38.8 Å². The minimum Gasteiger partial charge on any atom is -0.379 e. The van der Waals surface area contributed by atoms with Gasteiger partial charge in [0.05, 0.1) is 26.4 Å². The monoisotopic (exact) mass is 393 g/mol. The lowest BCUT2D eigenvalue weighted by molar-refractivity contribution is 0.0453. The third-order valence-electron chi connectivity index (χ3n) is 4.31. The highest BCUT2D eigenvalue weighted by Crippen LogP contribution is 2.29. The maximum atomic E-state index is 5.68. The summed E-state index contributed by atoms with van der Waals surface area (Å²) >= 11 is 2.04. The molecule has 1 heterocycles. The Morgan fingerprint density at radius 3 is 2.74 bits per heavy atom. The fourth-order valence-corrected chi connectivity index (χ4v) is 4.17. The molecule has 5 nitrogen and oxygen atoms in total. The zero-order chi connectivity index (χ0) is 19.5. The molecule has 0 bridgehead atoms. The van der Waals surface area contributed by atoms with E-state index in [1.165, 1.54) is 11.1 Å². The molecule has 0 aromatic heterocycles. The maximum absolute atomic E-state index is 5.68. The number of nitrogens with one attached hydrogen (secondary N) is 1. The molecule has 1 aliphatic heterocycles. The van der Waals surface area contributed by atoms with Crippen molar-refractivity contribution in [3.05, 3.63) is 35.4 Å². The van der Waals surface area contributed by atoms with Gasteiger partial charge in [0.15, 0.2) is 5.96 Å². The van der Waals surface area contributed by atoms with E-state index in [4.69, 9.17) is 14.5 Å². The summed E-state index contributed by atoms with van der Waals surface area (Å²) in [5.74, 6) is 2.16. The third kappa shape index (κ3) is 8.11. The molecule has 0 unspecified atom stereocenters. The molecule has 1 fully saturated rings. The maximum Gasteiger partial charge on any atom is 0.194 e. The summed E-state index contributed by atoms with van der Waals surface area (Å²) < 4.78 is 11.2. The Morgan fingerprint density at radius 2 is 2.00 bits per heavy atom. The minimum atomic E-state index is 0.271. The van der Waals surface area contributed by atoms with Gasteiger partial charge in [0, 0.05) is 36.7 Å². The smallest absolute Gasteiger partial charge is 0.194 e. The molecule has 1 aromatic carbocycles. The fraction of sp³-hybridized carbons (Fsp3) is 0.667. The van der Waals surface area contributed by atoms with Gasteiger partial charge in [-0.3, -0.25) is 0 Å². The molecule has 0 spiro atoms. The zero-order valence-corrected chi connectivity index (χ0v) is 18.1. The Labute approximate surface area is 168 Å². The second kappa shape index (κ2) is 11.6. The van der Waals surface area contributed by atoms with Gasteiger partial charge in [0.1, 0.15) is 0 Å². The fourth-order valence-electron chi connectivity index (χ4n) is 3.06. The number of aliphatic imine (C=N–C) groups is 1. The Morgan fingerprint density at radius 1 is 1.22 bits per heavy atom. The van der Waals surface area contributed by atoms with Crippen LogP contribution in [0.25, 0.3) is 0 Å². The zero-order valence-electron chi connectivity index (χ0n) is 17.3. The predicted molar refractivity (Wildman–Crippen MR) is 116 cm³/mol. The van der Waals surface area contributed by atoms with E-state index >= 15 is 0 Å². The van der Waals surface area contributed by atoms with Crippen LogP contribution < -0.4 is 5.32 Å². The van der Waals surface area contributed by atoms with Crippen molar-refractivity contribution in [3.63, 3.8) is 0 Å². The number of hydrogen-bond donors (Lipinski definition) is 1. The van der Waals surface area contributed by atoms with E-state index in [0.29, 0.717) is 26.4 Å². The van der Waals surface area contributed by atoms with Crippen LogP contribution >= 0.6 is 11.8 Å². The Balaban J connectivity index is 1.94. The van der Waals surface area contributed by atoms with E-state index in [-0.39, 0.29) is 4.75 Å². The summed E-state index contributed by atoms with van der Waals surface area (Å²) in [6, 6.07) is 8.50. The number of rotatable bonds is 9. The van der Waals surface area contributed by atoms with E-state index in [1.807, 2.05) is 18.7 Å². The topological polar surface area (TPSA) is 46.1 Å². The van der Waals surface area contributed by atoms with Crippen molar-refractivity contribution in [1.29, 1.82) is 0 Å². The second-order valence-electron chi connectivity index (χ2n) is 7.27. The third-order valence-corrected chi connectivity index (χ3v) is 5.60. The van der Waals surface area contributed by atoms with Crippen LogP contribution in [0.4, 0.5) is 0 Å². The molecule has 1 aliphatic rings. The van der Waals surface area contributed by atoms with Crippen molar-refractivity contribution in [2.75, 3.05) is 45.2 Å². The molecule has 1 saturated heterocycles. The van der Waals surface area contributed by atoms with Gasteiger partial charge in [0.25, 0.3) is 0 Å². The summed E-state index contributed by atoms with van der Waals surface area (Å²) in [6.07, 6.45) is 0. The van der Waals surface area contributed by atoms with Gasteiger partial charge in [-0.25, -0.2) is 4.99 Å². The molecule has 152 valence electrons. The molecule has 0 amide bonds. The number of hydrogen-bond acceptors (Lipinski definition) is 4. The first-order valence-electron chi connectivity index (χ1n) is 9.94. The number of thioether (sulfide) groups is 1. The predicted octanol–water partition coefficient (Wildman–Crippen LogP) is 3.53. The molecule has 1 aromatic rings. The normalized spacial score (nSPS) is 17.2. The van der Waals surface area contributed by atoms with Crippen LogP contribution in [0.3, 0.4) is 0 Å². The number of benzene rings is 1. The lowest BCUT2D eigenvalue weighted by Crippen LogP contribution is -2.50. The quantitative estimate of drug-likeness (QED) is 0.395. The van der Waals surface area contributed by atoms with Crippen molar-refractivity contribution in [1.82, 2.24) is 10.2 Å². The molecule has 27 heavy (non-hydrogen) atoms. The lowest BCUT2D eigenvalue weighted by Gasteiger charge is -2.39. The Bertz CT molecular complexity index is 593. The van der Waals surface area contributed by atoms with Crippen LogP contribution in [-0.2, 0) is 22.6 Å². The summed E-state index contributed by atoms with van der Waals surface area (Å²) in [5, 5.41) is 3.46. The van der Waals surface area contributed by atoms with E-state index in [9.17, 15) is 0 Å². The first-order valence-corrected chi connectivity index (χ1v) is 10.9. The molecule has 0 aliphatic carbocycles. The van der Waals surface area contributed by atoms with Crippen molar-refractivity contribution in [2.45, 2.75) is 45.6 Å². The number of guanidine groups is 1. The molecule has 0 saturated carbocycles. The van der Waals surface area contributed by atoms with Crippen molar-refractivity contribution in [3.8, 4) is 0 Å². The van der Waals surface area contributed by atoms with E-state index in [2.05, 4.69) is 55.3 Å². The minimum absolute atomic E-state index is 0.271. The lowest BCUT2D eigenvalue weighted by atomic mass is 10.1. The van der Waals surface area contributed by atoms with E-state index in [1.54, 1.807) is 0 Å². The summed E-state index contributed by atoms with van der Waals surface area (Å²) in [6.45, 7) is 15.0. The van der Waals surface area contributed by atoms with E-state index in [0.717, 1.165) is 38.0 Å². The average Bonchev–Trinajstić information content (AvgIpc) is 2.64. The summed E-state index contributed by atoms with van der Waals surface area (Å²) in [5.41, 5.74) is 2.39. The standard InChI is InChI=1S/C21H35N3O2S/c1-5-22-20(24-10-13-27-21(3,4)17-24)23-15-18-8-7-9-19(14-18)16-26-12-11-25-6-2/h7-9,14H,5-6,10-13,15-17H2,1-4H3,(H,22,23). The van der Waals surface area contributed by atoms with Gasteiger partial charge in [-0.05, 0) is 38.8 Å². The highest BCUT2D eigenvalue weighted by atomic mass is 32.2. The molecule has 1 N–H and O–H groups in total. The summed E-state index contributed by atoms with van der Waals surface area (Å²) in [7, 11) is 0.